The fourth-order valence-corrected chi connectivity index (χ4v) is 3.17. The first-order valence-electron chi connectivity index (χ1n) is 7.93. The maximum Gasteiger partial charge on any atom is 0.293 e. The minimum atomic E-state index is -0.379. The number of nitrogens with zero attached hydrogens (tertiary/aromatic N) is 5. The Morgan fingerprint density at radius 3 is 2.74 bits per heavy atom. The first-order valence-corrected chi connectivity index (χ1v) is 8.75. The van der Waals surface area contributed by atoms with Gasteiger partial charge in [-0.25, -0.2) is 4.68 Å². The molecule has 0 atom stereocenters. The van der Waals surface area contributed by atoms with E-state index in [4.69, 9.17) is 4.74 Å². The fraction of sp³-hybridized carbons (Fsp3) is 0.250. The quantitative estimate of drug-likeness (QED) is 0.683. The van der Waals surface area contributed by atoms with E-state index in [1.807, 2.05) is 0 Å². The molecule has 140 valence electrons. The number of amides is 3. The Kier molecular flexibility index (Phi) is 5.81. The van der Waals surface area contributed by atoms with E-state index in [0.29, 0.717) is 10.7 Å². The minimum Gasteiger partial charge on any atom is -0.497 e. The first-order chi connectivity index (χ1) is 13.1. The van der Waals surface area contributed by atoms with E-state index in [1.54, 1.807) is 37.5 Å². The Morgan fingerprint density at radius 1 is 1.30 bits per heavy atom. The van der Waals surface area contributed by atoms with Crippen LogP contribution in [0.4, 0.5) is 4.79 Å². The topological polar surface area (TPSA) is 119 Å². The van der Waals surface area contributed by atoms with Gasteiger partial charge in [0.25, 0.3) is 11.1 Å². The fourth-order valence-electron chi connectivity index (χ4n) is 2.31. The van der Waals surface area contributed by atoms with Gasteiger partial charge in [0.15, 0.2) is 0 Å². The average Bonchev–Trinajstić information content (AvgIpc) is 3.26. The zero-order valence-electron chi connectivity index (χ0n) is 14.4. The van der Waals surface area contributed by atoms with Crippen LogP contribution in [0.2, 0.25) is 0 Å². The molecule has 0 spiro atoms. The lowest BCUT2D eigenvalue weighted by molar-refractivity contribution is -0.124. The molecule has 0 unspecified atom stereocenters. The van der Waals surface area contributed by atoms with E-state index in [9.17, 15) is 14.4 Å². The van der Waals surface area contributed by atoms with E-state index in [0.717, 1.165) is 22.2 Å². The van der Waals surface area contributed by atoms with Gasteiger partial charge in [-0.15, -0.1) is 5.10 Å². The van der Waals surface area contributed by atoms with Gasteiger partial charge in [0.2, 0.25) is 5.91 Å². The second-order valence-corrected chi connectivity index (χ2v) is 6.46. The number of nitrogens with one attached hydrogen (secondary N) is 1. The Hall–Kier alpha value is -3.21. The molecule has 1 saturated heterocycles. The van der Waals surface area contributed by atoms with Crippen molar-refractivity contribution >= 4 is 34.9 Å². The summed E-state index contributed by atoms with van der Waals surface area (Å²) >= 11 is 0.873. The largest absolute Gasteiger partial charge is 0.497 e. The Morgan fingerprint density at radius 2 is 2.07 bits per heavy atom. The van der Waals surface area contributed by atoms with Gasteiger partial charge in [-0.05, 0) is 46.0 Å². The van der Waals surface area contributed by atoms with Crippen LogP contribution in [-0.4, -0.2) is 62.4 Å². The summed E-state index contributed by atoms with van der Waals surface area (Å²) in [6.45, 7) is 0.201. The summed E-state index contributed by atoms with van der Waals surface area (Å²) in [6.07, 6.45) is 2.97. The number of hydrogen-bond acceptors (Lipinski definition) is 8. The summed E-state index contributed by atoms with van der Waals surface area (Å²) in [5.41, 5.74) is 0.788. The zero-order valence-corrected chi connectivity index (χ0v) is 15.2. The number of imide groups is 1. The standard InChI is InChI=1S/C16H16N6O4S/c1-26-12-4-2-11(3-5-12)8-13-15(24)22(16(25)27-13)7-6-17-14(23)9-21-10-18-19-20-21/h2-5,8,10H,6-7,9H2,1H3,(H,17,23)/b13-8+. The molecule has 1 aromatic heterocycles. The van der Waals surface area contributed by atoms with Gasteiger partial charge in [0.1, 0.15) is 18.6 Å². The summed E-state index contributed by atoms with van der Waals surface area (Å²) < 4.78 is 6.36. The highest BCUT2D eigenvalue weighted by atomic mass is 32.2. The van der Waals surface area contributed by atoms with E-state index >= 15 is 0 Å². The van der Waals surface area contributed by atoms with Crippen molar-refractivity contribution in [2.75, 3.05) is 20.2 Å². The highest BCUT2D eigenvalue weighted by molar-refractivity contribution is 8.18. The molecule has 2 aromatic rings. The number of methoxy groups -OCH3 is 1. The number of hydrogen-bond donors (Lipinski definition) is 1. The van der Waals surface area contributed by atoms with Crippen LogP contribution in [0.1, 0.15) is 5.56 Å². The van der Waals surface area contributed by atoms with Crippen LogP contribution < -0.4 is 10.1 Å². The number of aromatic nitrogens is 4. The van der Waals surface area contributed by atoms with Crippen molar-refractivity contribution in [1.29, 1.82) is 0 Å². The number of carbonyl (C=O) groups excluding carboxylic acids is 3. The predicted octanol–water partition coefficient (Wildman–Crippen LogP) is 0.534. The lowest BCUT2D eigenvalue weighted by Crippen LogP contribution is -2.38. The third-order valence-corrected chi connectivity index (χ3v) is 4.55. The molecule has 0 aliphatic carbocycles. The van der Waals surface area contributed by atoms with Crippen molar-refractivity contribution in [1.82, 2.24) is 30.4 Å². The second-order valence-electron chi connectivity index (χ2n) is 5.46. The van der Waals surface area contributed by atoms with Gasteiger partial charge in [-0.1, -0.05) is 12.1 Å². The van der Waals surface area contributed by atoms with Crippen LogP contribution in [0.5, 0.6) is 5.75 Å². The number of ether oxygens (including phenoxy) is 1. The first kappa shape index (κ1) is 18.6. The number of thioether (sulfide) groups is 1. The monoisotopic (exact) mass is 388 g/mol. The highest BCUT2D eigenvalue weighted by Crippen LogP contribution is 2.32. The molecular weight excluding hydrogens is 372 g/mol. The molecule has 27 heavy (non-hydrogen) atoms. The molecule has 10 nitrogen and oxygen atoms in total. The van der Waals surface area contributed by atoms with E-state index < -0.39 is 0 Å². The minimum absolute atomic E-state index is 0.0355. The van der Waals surface area contributed by atoms with Crippen LogP contribution in [0, 0.1) is 0 Å². The van der Waals surface area contributed by atoms with E-state index in [-0.39, 0.29) is 36.7 Å². The molecule has 11 heteroatoms. The van der Waals surface area contributed by atoms with Crippen molar-refractivity contribution < 1.29 is 19.1 Å². The lowest BCUT2D eigenvalue weighted by Gasteiger charge is -2.12. The Labute approximate surface area is 158 Å². The number of rotatable bonds is 7. The van der Waals surface area contributed by atoms with Crippen LogP contribution in [0.3, 0.4) is 0 Å². The van der Waals surface area contributed by atoms with Crippen LogP contribution in [0.15, 0.2) is 35.5 Å². The van der Waals surface area contributed by atoms with Crippen LogP contribution >= 0.6 is 11.8 Å². The highest BCUT2D eigenvalue weighted by Gasteiger charge is 2.34. The molecule has 1 fully saturated rings. The maximum absolute atomic E-state index is 12.4. The second kappa shape index (κ2) is 8.45. The van der Waals surface area contributed by atoms with Gasteiger partial charge in [-0.3, -0.25) is 19.3 Å². The third kappa shape index (κ3) is 4.70. The molecule has 3 rings (SSSR count). The third-order valence-electron chi connectivity index (χ3n) is 3.64. The zero-order chi connectivity index (χ0) is 19.2. The smallest absolute Gasteiger partial charge is 0.293 e. The summed E-state index contributed by atoms with van der Waals surface area (Å²) in [6, 6.07) is 7.14. The van der Waals surface area contributed by atoms with Crippen LogP contribution in [0.25, 0.3) is 6.08 Å². The average molecular weight is 388 g/mol. The summed E-state index contributed by atoms with van der Waals surface area (Å²) in [7, 11) is 1.57. The SMILES string of the molecule is COc1ccc(/C=C2/SC(=O)N(CCNC(=O)Cn3cnnn3)C2=O)cc1. The Bertz CT molecular complexity index is 866. The van der Waals surface area contributed by atoms with Crippen molar-refractivity contribution in [3.05, 3.63) is 41.1 Å². The van der Waals surface area contributed by atoms with Crippen molar-refractivity contribution in [3.8, 4) is 5.75 Å². The molecule has 1 aliphatic rings. The summed E-state index contributed by atoms with van der Waals surface area (Å²) in [5.74, 6) is 0.0104. The van der Waals surface area contributed by atoms with Gasteiger partial charge >= 0.3 is 0 Å². The van der Waals surface area contributed by atoms with Crippen molar-refractivity contribution in [2.24, 2.45) is 0 Å². The van der Waals surface area contributed by atoms with Crippen molar-refractivity contribution in [3.63, 3.8) is 0 Å². The molecule has 1 aliphatic heterocycles. The molecule has 2 heterocycles. The number of tetrazole rings is 1. The number of benzene rings is 1. The lowest BCUT2D eigenvalue weighted by atomic mass is 10.2. The molecule has 0 saturated carbocycles. The van der Waals surface area contributed by atoms with E-state index in [2.05, 4.69) is 20.8 Å². The molecule has 0 radical (unpaired) electrons. The van der Waals surface area contributed by atoms with Gasteiger partial charge in [0.05, 0.1) is 12.0 Å². The summed E-state index contributed by atoms with van der Waals surface area (Å²) in [4.78, 5) is 37.7. The molecule has 3 amide bonds. The van der Waals surface area contributed by atoms with Gasteiger partial charge in [-0.2, -0.15) is 0 Å². The normalized spacial score (nSPS) is 15.4. The molecule has 1 N–H and O–H groups in total. The van der Waals surface area contributed by atoms with E-state index in [1.165, 1.54) is 11.0 Å². The Balaban J connectivity index is 1.54. The number of carbonyl (C=O) groups is 3. The molecular formula is C16H16N6O4S. The predicted molar refractivity (Wildman–Crippen MR) is 96.5 cm³/mol. The van der Waals surface area contributed by atoms with Gasteiger partial charge < -0.3 is 10.1 Å². The maximum atomic E-state index is 12.4. The molecule has 0 bridgehead atoms. The van der Waals surface area contributed by atoms with Crippen molar-refractivity contribution in [2.45, 2.75) is 6.54 Å². The molecule has 1 aromatic carbocycles. The van der Waals surface area contributed by atoms with Gasteiger partial charge in [0, 0.05) is 13.1 Å². The van der Waals surface area contributed by atoms with Crippen LogP contribution in [-0.2, 0) is 16.1 Å². The summed E-state index contributed by atoms with van der Waals surface area (Å²) in [5, 5.41) is 12.7.